The average molecular weight is 339 g/mol. The number of H-pyrrole nitrogens is 1. The third-order valence-electron chi connectivity index (χ3n) is 3.75. The molecule has 8 heteroatoms. The highest BCUT2D eigenvalue weighted by Gasteiger charge is 2.27. The summed E-state index contributed by atoms with van der Waals surface area (Å²) in [6.45, 7) is 5.57. The summed E-state index contributed by atoms with van der Waals surface area (Å²) in [4.78, 5) is 11.9. The van der Waals surface area contributed by atoms with Crippen LogP contribution in [0.4, 0.5) is 0 Å². The maximum Gasteiger partial charge on any atom is 0.220 e. The van der Waals surface area contributed by atoms with Crippen LogP contribution in [0.1, 0.15) is 23.4 Å². The van der Waals surface area contributed by atoms with E-state index in [0.717, 1.165) is 30.0 Å². The Morgan fingerprint density at radius 2 is 2.10 bits per heavy atom. The molecule has 6 nitrogen and oxygen atoms in total. The Morgan fingerprint density at radius 3 is 2.67 bits per heavy atom. The zero-order chi connectivity index (χ0) is 13.8. The van der Waals surface area contributed by atoms with Crippen LogP contribution in [0.2, 0.25) is 0 Å². The van der Waals surface area contributed by atoms with Gasteiger partial charge in [-0.1, -0.05) is 0 Å². The molecule has 2 heterocycles. The standard InChI is InChI=1S/C13H22N4O2.2ClH/c1-8-9(2)16-17-10(8)4-5-13(18)15-11-6-14-7-12(11)19-3;;/h11-12,14H,4-7H2,1-3H3,(H,15,18)(H,16,17);2*1H/t11-,12-;;/m0../s1. The Kier molecular flexibility index (Phi) is 8.89. The van der Waals surface area contributed by atoms with Gasteiger partial charge in [-0.3, -0.25) is 9.89 Å². The van der Waals surface area contributed by atoms with Crippen molar-refractivity contribution in [3.05, 3.63) is 17.0 Å². The predicted octanol–water partition coefficient (Wildman–Crippen LogP) is 0.906. The van der Waals surface area contributed by atoms with Gasteiger partial charge in [0.1, 0.15) is 0 Å². The molecule has 21 heavy (non-hydrogen) atoms. The highest BCUT2D eigenvalue weighted by molar-refractivity contribution is 5.85. The average Bonchev–Trinajstić information content (AvgIpc) is 2.96. The van der Waals surface area contributed by atoms with Crippen molar-refractivity contribution in [3.8, 4) is 0 Å². The van der Waals surface area contributed by atoms with Gasteiger partial charge in [-0.2, -0.15) is 5.10 Å². The fourth-order valence-corrected chi connectivity index (χ4v) is 2.34. The fraction of sp³-hybridized carbons (Fsp3) is 0.692. The number of hydrogen-bond acceptors (Lipinski definition) is 4. The summed E-state index contributed by atoms with van der Waals surface area (Å²) >= 11 is 0. The van der Waals surface area contributed by atoms with Crippen LogP contribution in [0.25, 0.3) is 0 Å². The van der Waals surface area contributed by atoms with Crippen LogP contribution < -0.4 is 10.6 Å². The molecule has 1 aromatic heterocycles. The molecule has 1 saturated heterocycles. The summed E-state index contributed by atoms with van der Waals surface area (Å²) < 4.78 is 5.32. The fourth-order valence-electron chi connectivity index (χ4n) is 2.34. The number of aromatic amines is 1. The van der Waals surface area contributed by atoms with Gasteiger partial charge in [-0.15, -0.1) is 24.8 Å². The lowest BCUT2D eigenvalue weighted by atomic mass is 10.1. The van der Waals surface area contributed by atoms with Crippen molar-refractivity contribution < 1.29 is 9.53 Å². The smallest absolute Gasteiger partial charge is 0.220 e. The number of hydrogen-bond donors (Lipinski definition) is 3. The van der Waals surface area contributed by atoms with Gasteiger partial charge in [0.2, 0.25) is 5.91 Å². The first-order valence-corrected chi connectivity index (χ1v) is 6.65. The Balaban J connectivity index is 0.00000200. The van der Waals surface area contributed by atoms with Crippen LogP contribution in [0.5, 0.6) is 0 Å². The quantitative estimate of drug-likeness (QED) is 0.745. The van der Waals surface area contributed by atoms with Crippen molar-refractivity contribution in [1.29, 1.82) is 0 Å². The number of halogens is 2. The molecule has 2 rings (SSSR count). The van der Waals surface area contributed by atoms with Gasteiger partial charge >= 0.3 is 0 Å². The number of ether oxygens (including phenoxy) is 1. The predicted molar refractivity (Wildman–Crippen MR) is 86.5 cm³/mol. The van der Waals surface area contributed by atoms with Gasteiger partial charge in [0.05, 0.1) is 17.8 Å². The molecule has 3 N–H and O–H groups in total. The Hall–Kier alpha value is -0.820. The molecule has 2 atom stereocenters. The van der Waals surface area contributed by atoms with E-state index >= 15 is 0 Å². The molecule has 0 spiro atoms. The molecule has 1 amide bonds. The van der Waals surface area contributed by atoms with Gasteiger partial charge in [-0.25, -0.2) is 0 Å². The van der Waals surface area contributed by atoms with Gasteiger partial charge < -0.3 is 15.4 Å². The van der Waals surface area contributed by atoms with E-state index in [9.17, 15) is 4.79 Å². The number of nitrogens with one attached hydrogen (secondary N) is 3. The molecule has 1 aliphatic heterocycles. The molecule has 0 saturated carbocycles. The third-order valence-corrected chi connectivity index (χ3v) is 3.75. The van der Waals surface area contributed by atoms with Gasteiger partial charge in [0.15, 0.2) is 0 Å². The molecule has 1 fully saturated rings. The zero-order valence-electron chi connectivity index (χ0n) is 12.6. The highest BCUT2D eigenvalue weighted by atomic mass is 35.5. The molecule has 1 aromatic rings. The minimum Gasteiger partial charge on any atom is -0.378 e. The second kappa shape index (κ2) is 9.25. The highest BCUT2D eigenvalue weighted by Crippen LogP contribution is 2.11. The summed E-state index contributed by atoms with van der Waals surface area (Å²) in [6, 6.07) is 0.0690. The number of methoxy groups -OCH3 is 1. The Morgan fingerprint density at radius 1 is 1.38 bits per heavy atom. The summed E-state index contributed by atoms with van der Waals surface area (Å²) in [6.07, 6.45) is 1.19. The number of rotatable bonds is 5. The van der Waals surface area contributed by atoms with Gasteiger partial charge in [0.25, 0.3) is 0 Å². The number of aromatic nitrogens is 2. The molecule has 1 aliphatic rings. The van der Waals surface area contributed by atoms with E-state index in [4.69, 9.17) is 4.74 Å². The largest absolute Gasteiger partial charge is 0.378 e. The van der Waals surface area contributed by atoms with E-state index in [1.165, 1.54) is 0 Å². The zero-order valence-corrected chi connectivity index (χ0v) is 14.2. The lowest BCUT2D eigenvalue weighted by Gasteiger charge is -2.18. The number of carbonyl (C=O) groups is 1. The van der Waals surface area contributed by atoms with Crippen LogP contribution in [0.15, 0.2) is 0 Å². The maximum absolute atomic E-state index is 11.9. The normalized spacial score (nSPS) is 20.5. The Bertz CT molecular complexity index is 453. The molecule has 0 unspecified atom stereocenters. The number of aryl methyl sites for hydroxylation is 2. The van der Waals surface area contributed by atoms with E-state index in [1.807, 2.05) is 13.8 Å². The molecule has 0 aliphatic carbocycles. The first kappa shape index (κ1) is 20.2. The van der Waals surface area contributed by atoms with Crippen LogP contribution >= 0.6 is 24.8 Å². The van der Waals surface area contributed by atoms with E-state index in [1.54, 1.807) is 7.11 Å². The third kappa shape index (κ3) is 5.14. The van der Waals surface area contributed by atoms with Crippen LogP contribution in [0.3, 0.4) is 0 Å². The van der Waals surface area contributed by atoms with Crippen molar-refractivity contribution in [2.75, 3.05) is 20.2 Å². The summed E-state index contributed by atoms with van der Waals surface area (Å²) in [5.41, 5.74) is 3.18. The van der Waals surface area contributed by atoms with E-state index in [2.05, 4.69) is 20.8 Å². The summed E-state index contributed by atoms with van der Waals surface area (Å²) in [7, 11) is 1.67. The van der Waals surface area contributed by atoms with Crippen molar-refractivity contribution in [2.24, 2.45) is 0 Å². The Labute approximate surface area is 137 Å². The van der Waals surface area contributed by atoms with E-state index in [-0.39, 0.29) is 42.9 Å². The van der Waals surface area contributed by atoms with Crippen molar-refractivity contribution >= 4 is 30.7 Å². The first-order valence-electron chi connectivity index (χ1n) is 6.65. The van der Waals surface area contributed by atoms with E-state index in [0.29, 0.717) is 12.8 Å². The topological polar surface area (TPSA) is 79.0 Å². The van der Waals surface area contributed by atoms with Crippen LogP contribution in [-0.4, -0.2) is 48.4 Å². The molecule has 0 radical (unpaired) electrons. The number of nitrogens with zero attached hydrogens (tertiary/aromatic N) is 1. The van der Waals surface area contributed by atoms with Crippen LogP contribution in [-0.2, 0) is 16.0 Å². The second-order valence-corrected chi connectivity index (χ2v) is 5.03. The molecule has 122 valence electrons. The SMILES string of the molecule is CO[C@H]1CNC[C@@H]1NC(=O)CCc1n[nH]c(C)c1C.Cl.Cl. The molecular weight excluding hydrogens is 315 g/mol. The van der Waals surface area contributed by atoms with Gasteiger partial charge in [-0.05, 0) is 19.4 Å². The monoisotopic (exact) mass is 338 g/mol. The molecule has 0 aromatic carbocycles. The number of amides is 1. The summed E-state index contributed by atoms with van der Waals surface area (Å²) in [5, 5.41) is 13.4. The summed E-state index contributed by atoms with van der Waals surface area (Å²) in [5.74, 6) is 0.0517. The van der Waals surface area contributed by atoms with Crippen molar-refractivity contribution in [3.63, 3.8) is 0 Å². The first-order chi connectivity index (χ1) is 9.11. The van der Waals surface area contributed by atoms with E-state index < -0.39 is 0 Å². The molecular formula is C13H24Cl2N4O2. The maximum atomic E-state index is 11.9. The lowest BCUT2D eigenvalue weighted by Crippen LogP contribution is -2.43. The minimum atomic E-state index is 0. The second-order valence-electron chi connectivity index (χ2n) is 5.03. The minimum absolute atomic E-state index is 0. The lowest BCUT2D eigenvalue weighted by molar-refractivity contribution is -0.122. The molecule has 0 bridgehead atoms. The van der Waals surface area contributed by atoms with Crippen molar-refractivity contribution in [2.45, 2.75) is 38.8 Å². The number of carbonyl (C=O) groups excluding carboxylic acids is 1. The van der Waals surface area contributed by atoms with Crippen LogP contribution in [0, 0.1) is 13.8 Å². The van der Waals surface area contributed by atoms with Crippen molar-refractivity contribution in [1.82, 2.24) is 20.8 Å². The van der Waals surface area contributed by atoms with Gasteiger partial charge in [0, 0.05) is 38.7 Å².